The number of rotatable bonds is 4. The molecule has 2 fully saturated rings. The Hall–Kier alpha value is -1.15. The lowest BCUT2D eigenvalue weighted by Crippen LogP contribution is -2.45. The molecular weight excluding hydrogens is 284 g/mol. The first-order valence-corrected chi connectivity index (χ1v) is 8.56. The molecule has 0 aliphatic carbocycles. The van der Waals surface area contributed by atoms with E-state index in [0.717, 1.165) is 6.42 Å². The molecule has 0 radical (unpaired) electrons. The van der Waals surface area contributed by atoms with Gasteiger partial charge in [0.05, 0.1) is 18.1 Å². The molecule has 2 saturated heterocycles. The van der Waals surface area contributed by atoms with Gasteiger partial charge in [-0.1, -0.05) is 0 Å². The van der Waals surface area contributed by atoms with Gasteiger partial charge < -0.3 is 15.0 Å². The van der Waals surface area contributed by atoms with Crippen molar-refractivity contribution in [3.05, 3.63) is 0 Å². The fourth-order valence-electron chi connectivity index (χ4n) is 2.47. The molecule has 0 spiro atoms. The molecule has 0 aromatic heterocycles. The lowest BCUT2D eigenvalue weighted by atomic mass is 10.2. The molecule has 0 aromatic rings. The number of sulfone groups is 1. The standard InChI is InChI=1S/C12H20N2O5S/c1-14(9-4-6-20(17,18)8-9)11(15)7-13-12(16)10-3-2-5-19-10/h9-10H,2-8H2,1H3,(H,13,16). The van der Waals surface area contributed by atoms with E-state index in [-0.39, 0.29) is 35.9 Å². The van der Waals surface area contributed by atoms with Crippen LogP contribution in [-0.2, 0) is 24.2 Å². The average molecular weight is 304 g/mol. The van der Waals surface area contributed by atoms with Gasteiger partial charge in [-0.05, 0) is 19.3 Å². The number of amides is 2. The molecule has 2 rings (SSSR count). The Morgan fingerprint density at radius 1 is 1.35 bits per heavy atom. The Morgan fingerprint density at radius 3 is 2.65 bits per heavy atom. The number of hydrogen-bond acceptors (Lipinski definition) is 5. The van der Waals surface area contributed by atoms with E-state index in [1.54, 1.807) is 7.05 Å². The average Bonchev–Trinajstić information content (AvgIpc) is 3.03. The molecule has 0 aromatic carbocycles. The molecule has 0 saturated carbocycles. The molecule has 0 bridgehead atoms. The van der Waals surface area contributed by atoms with Crippen LogP contribution in [0.2, 0.25) is 0 Å². The second-order valence-electron chi connectivity index (χ2n) is 5.28. The first kappa shape index (κ1) is 15.2. The van der Waals surface area contributed by atoms with Crippen LogP contribution in [0.1, 0.15) is 19.3 Å². The summed E-state index contributed by atoms with van der Waals surface area (Å²) < 4.78 is 28.0. The van der Waals surface area contributed by atoms with Gasteiger partial charge in [0.25, 0.3) is 0 Å². The summed E-state index contributed by atoms with van der Waals surface area (Å²) in [6.45, 7) is 0.456. The van der Waals surface area contributed by atoms with Gasteiger partial charge in [0.2, 0.25) is 11.8 Å². The first-order valence-electron chi connectivity index (χ1n) is 6.74. The second kappa shape index (κ2) is 6.09. The van der Waals surface area contributed by atoms with E-state index in [4.69, 9.17) is 4.74 Å². The fraction of sp³-hybridized carbons (Fsp3) is 0.833. The Balaban J connectivity index is 1.78. The van der Waals surface area contributed by atoms with Crippen molar-refractivity contribution < 1.29 is 22.7 Å². The molecule has 8 heteroatoms. The largest absolute Gasteiger partial charge is 0.368 e. The predicted molar refractivity (Wildman–Crippen MR) is 71.8 cm³/mol. The summed E-state index contributed by atoms with van der Waals surface area (Å²) in [5.74, 6) is -0.423. The Morgan fingerprint density at radius 2 is 2.10 bits per heavy atom. The maximum absolute atomic E-state index is 11.9. The maximum Gasteiger partial charge on any atom is 0.249 e. The Bertz CT molecular complexity index is 484. The lowest BCUT2D eigenvalue weighted by molar-refractivity contribution is -0.136. The van der Waals surface area contributed by atoms with Crippen LogP contribution < -0.4 is 5.32 Å². The normalized spacial score (nSPS) is 28.2. The molecule has 2 atom stereocenters. The van der Waals surface area contributed by atoms with Crippen molar-refractivity contribution in [3.8, 4) is 0 Å². The fourth-order valence-corrected chi connectivity index (χ4v) is 4.24. The SMILES string of the molecule is CN(C(=O)CNC(=O)C1CCCO1)C1CCS(=O)(=O)C1. The van der Waals surface area contributed by atoms with Crippen molar-refractivity contribution in [2.24, 2.45) is 0 Å². The van der Waals surface area contributed by atoms with Gasteiger partial charge >= 0.3 is 0 Å². The smallest absolute Gasteiger partial charge is 0.249 e. The monoisotopic (exact) mass is 304 g/mol. The highest BCUT2D eigenvalue weighted by atomic mass is 32.2. The van der Waals surface area contributed by atoms with Crippen molar-refractivity contribution in [3.63, 3.8) is 0 Å². The summed E-state index contributed by atoms with van der Waals surface area (Å²) in [6, 6.07) is -0.285. The van der Waals surface area contributed by atoms with E-state index < -0.39 is 15.9 Å². The first-order chi connectivity index (χ1) is 9.39. The van der Waals surface area contributed by atoms with Gasteiger partial charge in [0, 0.05) is 19.7 Å². The van der Waals surface area contributed by atoms with Gasteiger partial charge in [0.15, 0.2) is 9.84 Å². The number of hydrogen-bond donors (Lipinski definition) is 1. The van der Waals surface area contributed by atoms with Crippen LogP contribution in [0, 0.1) is 0 Å². The number of carbonyl (C=O) groups excluding carboxylic acids is 2. The third kappa shape index (κ3) is 3.69. The summed E-state index contributed by atoms with van der Waals surface area (Å²) in [6.07, 6.45) is 1.53. The molecule has 20 heavy (non-hydrogen) atoms. The third-order valence-electron chi connectivity index (χ3n) is 3.79. The molecule has 2 heterocycles. The minimum absolute atomic E-state index is 0.00885. The molecular formula is C12H20N2O5S. The zero-order valence-corrected chi connectivity index (χ0v) is 12.3. The molecule has 2 aliphatic rings. The quantitative estimate of drug-likeness (QED) is 0.714. The van der Waals surface area contributed by atoms with Crippen molar-refractivity contribution in [1.29, 1.82) is 0 Å². The van der Waals surface area contributed by atoms with E-state index in [9.17, 15) is 18.0 Å². The van der Waals surface area contributed by atoms with Crippen LogP contribution >= 0.6 is 0 Å². The zero-order chi connectivity index (χ0) is 14.8. The molecule has 1 N–H and O–H groups in total. The highest BCUT2D eigenvalue weighted by molar-refractivity contribution is 7.91. The number of nitrogens with zero attached hydrogens (tertiary/aromatic N) is 1. The van der Waals surface area contributed by atoms with Gasteiger partial charge in [-0.15, -0.1) is 0 Å². The predicted octanol–water partition coefficient (Wildman–Crippen LogP) is -1.07. The summed E-state index contributed by atoms with van der Waals surface area (Å²) in [5, 5.41) is 2.54. The molecule has 2 amide bonds. The summed E-state index contributed by atoms with van der Waals surface area (Å²) >= 11 is 0. The second-order valence-corrected chi connectivity index (χ2v) is 7.51. The zero-order valence-electron chi connectivity index (χ0n) is 11.5. The van der Waals surface area contributed by atoms with Crippen LogP contribution in [0.4, 0.5) is 0 Å². The van der Waals surface area contributed by atoms with Gasteiger partial charge in [0.1, 0.15) is 6.10 Å². The van der Waals surface area contributed by atoms with E-state index in [0.29, 0.717) is 19.4 Å². The third-order valence-corrected chi connectivity index (χ3v) is 5.54. The van der Waals surface area contributed by atoms with Crippen molar-refractivity contribution in [1.82, 2.24) is 10.2 Å². The summed E-state index contributed by atoms with van der Waals surface area (Å²) in [4.78, 5) is 25.0. The van der Waals surface area contributed by atoms with Crippen LogP contribution in [-0.4, -0.2) is 69.0 Å². The topological polar surface area (TPSA) is 92.8 Å². The minimum Gasteiger partial charge on any atom is -0.368 e. The number of carbonyl (C=O) groups is 2. The Labute approximate surface area is 118 Å². The van der Waals surface area contributed by atoms with E-state index in [1.165, 1.54) is 4.90 Å². The van der Waals surface area contributed by atoms with Crippen molar-refractivity contribution >= 4 is 21.7 Å². The van der Waals surface area contributed by atoms with E-state index in [1.807, 2.05) is 0 Å². The molecule has 2 aliphatic heterocycles. The summed E-state index contributed by atoms with van der Waals surface area (Å²) in [7, 11) is -1.44. The lowest BCUT2D eigenvalue weighted by Gasteiger charge is -2.23. The molecule has 7 nitrogen and oxygen atoms in total. The highest BCUT2D eigenvalue weighted by Gasteiger charge is 2.33. The van der Waals surface area contributed by atoms with Gasteiger partial charge in [-0.2, -0.15) is 0 Å². The number of nitrogens with one attached hydrogen (secondary N) is 1. The minimum atomic E-state index is -3.02. The van der Waals surface area contributed by atoms with Gasteiger partial charge in [-0.3, -0.25) is 9.59 Å². The van der Waals surface area contributed by atoms with Crippen LogP contribution in [0.15, 0.2) is 0 Å². The van der Waals surface area contributed by atoms with Gasteiger partial charge in [-0.25, -0.2) is 8.42 Å². The van der Waals surface area contributed by atoms with Crippen LogP contribution in [0.25, 0.3) is 0 Å². The number of ether oxygens (including phenoxy) is 1. The van der Waals surface area contributed by atoms with Crippen LogP contribution in [0.5, 0.6) is 0 Å². The van der Waals surface area contributed by atoms with Crippen LogP contribution in [0.3, 0.4) is 0 Å². The molecule has 114 valence electrons. The number of likely N-dealkylation sites (N-methyl/N-ethyl adjacent to an activating group) is 1. The van der Waals surface area contributed by atoms with E-state index >= 15 is 0 Å². The van der Waals surface area contributed by atoms with E-state index in [2.05, 4.69) is 5.32 Å². The highest BCUT2D eigenvalue weighted by Crippen LogP contribution is 2.16. The maximum atomic E-state index is 11.9. The summed E-state index contributed by atoms with van der Waals surface area (Å²) in [5.41, 5.74) is 0. The molecule has 2 unspecified atom stereocenters. The van der Waals surface area contributed by atoms with Crippen molar-refractivity contribution in [2.75, 3.05) is 31.7 Å². The Kier molecular flexibility index (Phi) is 4.64. The van der Waals surface area contributed by atoms with Crippen molar-refractivity contribution in [2.45, 2.75) is 31.4 Å².